The van der Waals surface area contributed by atoms with Crippen molar-refractivity contribution in [3.63, 3.8) is 0 Å². The average molecular weight is 278 g/mol. The van der Waals surface area contributed by atoms with Crippen molar-refractivity contribution in [1.29, 1.82) is 0 Å². The topological polar surface area (TPSA) is 48.1 Å². The van der Waals surface area contributed by atoms with Crippen LogP contribution in [0.25, 0.3) is 0 Å². The molecule has 2 rings (SSSR count). The molecule has 1 saturated heterocycles. The third-order valence-electron chi connectivity index (χ3n) is 3.92. The molecule has 0 spiro atoms. The van der Waals surface area contributed by atoms with Crippen molar-refractivity contribution in [2.24, 2.45) is 5.92 Å². The zero-order valence-corrected chi connectivity index (χ0v) is 12.5. The molecule has 0 amide bonds. The first-order valence-electron chi connectivity index (χ1n) is 6.86. The maximum absolute atomic E-state index is 12.0. The van der Waals surface area contributed by atoms with E-state index in [-0.39, 0.29) is 11.9 Å². The fourth-order valence-corrected chi connectivity index (χ4v) is 2.78. The Hall–Kier alpha value is -1.39. The fourth-order valence-electron chi connectivity index (χ4n) is 2.78. The molecule has 0 aliphatic carbocycles. The van der Waals surface area contributed by atoms with Gasteiger partial charge < -0.3 is 14.2 Å². The van der Waals surface area contributed by atoms with Crippen LogP contribution in [0.1, 0.15) is 26.3 Å². The number of carbonyl (C=O) groups excluding carboxylic acids is 1. The number of esters is 1. The minimum atomic E-state index is -0.877. The van der Waals surface area contributed by atoms with E-state index in [2.05, 4.69) is 0 Å². The largest absolute Gasteiger partial charge is 0.467 e. The minimum absolute atomic E-state index is 0.0419. The Labute approximate surface area is 120 Å². The highest BCUT2D eigenvalue weighted by molar-refractivity contribution is 5.85. The van der Waals surface area contributed by atoms with Crippen molar-refractivity contribution in [2.75, 3.05) is 13.7 Å². The molecule has 1 fully saturated rings. The summed E-state index contributed by atoms with van der Waals surface area (Å²) < 4.78 is 16.3. The molecule has 2 unspecified atom stereocenters. The molecule has 4 heteroatoms. The molecule has 0 N–H and O–H groups in total. The number of methoxy groups -OCH3 is 1. The first kappa shape index (κ1) is 15.0. The summed E-state index contributed by atoms with van der Waals surface area (Å²) in [6.07, 6.45) is 0. The van der Waals surface area contributed by atoms with Gasteiger partial charge in [-0.25, -0.2) is 4.79 Å². The summed E-state index contributed by atoms with van der Waals surface area (Å²) in [6.45, 7) is 6.69. The van der Waals surface area contributed by atoms with Crippen LogP contribution < -0.4 is 0 Å². The molecule has 4 nitrogen and oxygen atoms in total. The van der Waals surface area contributed by atoms with Gasteiger partial charge in [0.25, 0.3) is 0 Å². The number of hydrogen-bond donors (Lipinski definition) is 0. The predicted molar refractivity (Wildman–Crippen MR) is 75.2 cm³/mol. The molecule has 2 atom stereocenters. The zero-order valence-electron chi connectivity index (χ0n) is 12.5. The van der Waals surface area contributed by atoms with Gasteiger partial charge >= 0.3 is 5.97 Å². The van der Waals surface area contributed by atoms with Gasteiger partial charge in [0.2, 0.25) is 0 Å². The van der Waals surface area contributed by atoms with Crippen molar-refractivity contribution >= 4 is 5.97 Å². The van der Waals surface area contributed by atoms with Gasteiger partial charge in [0, 0.05) is 0 Å². The van der Waals surface area contributed by atoms with E-state index in [1.165, 1.54) is 7.11 Å². The molecule has 1 aromatic carbocycles. The summed E-state index contributed by atoms with van der Waals surface area (Å²) in [5.74, 6) is -0.279. The molecule has 0 aromatic heterocycles. The predicted octanol–water partition coefficient (Wildman–Crippen LogP) is 2.56. The molecule has 1 aliphatic rings. The van der Waals surface area contributed by atoms with Crippen molar-refractivity contribution in [3.05, 3.63) is 35.9 Å². The average Bonchev–Trinajstić information content (AvgIpc) is 3.07. The number of benzene rings is 1. The summed E-state index contributed by atoms with van der Waals surface area (Å²) in [7, 11) is 1.39. The van der Waals surface area contributed by atoms with E-state index in [4.69, 9.17) is 14.2 Å². The van der Waals surface area contributed by atoms with Gasteiger partial charge in [-0.15, -0.1) is 0 Å². The van der Waals surface area contributed by atoms with Crippen molar-refractivity contribution in [1.82, 2.24) is 0 Å². The Morgan fingerprint density at radius 2 is 1.95 bits per heavy atom. The molecule has 1 aliphatic heterocycles. The number of ether oxygens (including phenoxy) is 3. The molecule has 20 heavy (non-hydrogen) atoms. The van der Waals surface area contributed by atoms with Gasteiger partial charge in [-0.2, -0.15) is 0 Å². The van der Waals surface area contributed by atoms with E-state index in [0.717, 1.165) is 5.56 Å². The molecule has 1 heterocycles. The highest BCUT2D eigenvalue weighted by Gasteiger charge is 2.74. The lowest BCUT2D eigenvalue weighted by Crippen LogP contribution is -2.40. The molecule has 0 bridgehead atoms. The van der Waals surface area contributed by atoms with Gasteiger partial charge in [0.1, 0.15) is 5.60 Å². The van der Waals surface area contributed by atoms with Crippen LogP contribution in [0.15, 0.2) is 30.3 Å². The zero-order chi connectivity index (χ0) is 14.8. The molecular weight excluding hydrogens is 256 g/mol. The van der Waals surface area contributed by atoms with E-state index in [0.29, 0.717) is 13.2 Å². The first-order chi connectivity index (χ1) is 9.46. The van der Waals surface area contributed by atoms with Gasteiger partial charge in [-0.3, -0.25) is 0 Å². The van der Waals surface area contributed by atoms with Gasteiger partial charge in [-0.1, -0.05) is 44.2 Å². The highest BCUT2D eigenvalue weighted by atomic mass is 16.7. The number of epoxide rings is 1. The quantitative estimate of drug-likeness (QED) is 0.592. The normalized spacial score (nSPS) is 28.4. The van der Waals surface area contributed by atoms with Crippen LogP contribution >= 0.6 is 0 Å². The Bertz CT molecular complexity index is 471. The molecule has 0 saturated carbocycles. The molecule has 110 valence electrons. The number of rotatable bonds is 6. The van der Waals surface area contributed by atoms with Crippen LogP contribution in [0.2, 0.25) is 0 Å². The third kappa shape index (κ3) is 2.45. The summed E-state index contributed by atoms with van der Waals surface area (Å²) in [5.41, 5.74) is -0.383. The maximum Gasteiger partial charge on any atom is 0.341 e. The second kappa shape index (κ2) is 5.54. The van der Waals surface area contributed by atoms with Crippen molar-refractivity contribution < 1.29 is 19.0 Å². The second-order valence-electron chi connectivity index (χ2n) is 5.69. The minimum Gasteiger partial charge on any atom is -0.467 e. The van der Waals surface area contributed by atoms with E-state index in [1.54, 1.807) is 0 Å². The van der Waals surface area contributed by atoms with Crippen LogP contribution in [-0.2, 0) is 25.6 Å². The Morgan fingerprint density at radius 1 is 1.30 bits per heavy atom. The van der Waals surface area contributed by atoms with Crippen LogP contribution in [0.3, 0.4) is 0 Å². The lowest BCUT2D eigenvalue weighted by atomic mass is 9.85. The van der Waals surface area contributed by atoms with Crippen LogP contribution in [-0.4, -0.2) is 30.9 Å². The summed E-state index contributed by atoms with van der Waals surface area (Å²) in [4.78, 5) is 12.0. The van der Waals surface area contributed by atoms with Crippen LogP contribution in [0, 0.1) is 5.92 Å². The maximum atomic E-state index is 12.0. The standard InChI is InChI=1S/C16H22O4/c1-12(2)16(14(17)18-4)15(3,20-16)11-19-10-13-8-6-5-7-9-13/h5-9,12H,10-11H2,1-4H3. The summed E-state index contributed by atoms with van der Waals surface area (Å²) >= 11 is 0. The Balaban J connectivity index is 1.95. The highest BCUT2D eigenvalue weighted by Crippen LogP contribution is 2.53. The number of hydrogen-bond acceptors (Lipinski definition) is 4. The summed E-state index contributed by atoms with van der Waals surface area (Å²) in [5, 5.41) is 0. The third-order valence-corrected chi connectivity index (χ3v) is 3.92. The van der Waals surface area contributed by atoms with Gasteiger partial charge in [-0.05, 0) is 18.4 Å². The second-order valence-corrected chi connectivity index (χ2v) is 5.69. The first-order valence-corrected chi connectivity index (χ1v) is 6.86. The van der Waals surface area contributed by atoms with Gasteiger partial charge in [0.15, 0.2) is 5.60 Å². The fraction of sp³-hybridized carbons (Fsp3) is 0.562. The summed E-state index contributed by atoms with van der Waals surface area (Å²) in [6, 6.07) is 9.93. The van der Waals surface area contributed by atoms with Crippen molar-refractivity contribution in [2.45, 2.75) is 38.6 Å². The van der Waals surface area contributed by atoms with E-state index < -0.39 is 11.2 Å². The Morgan fingerprint density at radius 3 is 2.50 bits per heavy atom. The lowest BCUT2D eigenvalue weighted by Gasteiger charge is -2.18. The monoisotopic (exact) mass is 278 g/mol. The Kier molecular flexibility index (Phi) is 4.16. The number of carbonyl (C=O) groups is 1. The SMILES string of the molecule is COC(=O)C1(C(C)C)OC1(C)COCc1ccccc1. The molecular formula is C16H22O4. The van der Waals surface area contributed by atoms with Crippen molar-refractivity contribution in [3.8, 4) is 0 Å². The van der Waals surface area contributed by atoms with Gasteiger partial charge in [0.05, 0.1) is 20.3 Å². The molecule has 0 radical (unpaired) electrons. The van der Waals surface area contributed by atoms with E-state index >= 15 is 0 Å². The van der Waals surface area contributed by atoms with E-state index in [1.807, 2.05) is 51.1 Å². The lowest BCUT2D eigenvalue weighted by molar-refractivity contribution is -0.148. The smallest absolute Gasteiger partial charge is 0.341 e. The van der Waals surface area contributed by atoms with E-state index in [9.17, 15) is 4.79 Å². The molecule has 1 aromatic rings. The van der Waals surface area contributed by atoms with Crippen LogP contribution in [0.4, 0.5) is 0 Å². The van der Waals surface area contributed by atoms with Crippen LogP contribution in [0.5, 0.6) is 0 Å².